The van der Waals surface area contributed by atoms with Gasteiger partial charge in [-0.25, -0.2) is 14.8 Å². The van der Waals surface area contributed by atoms with Crippen LogP contribution in [0.5, 0.6) is 0 Å². The molecular weight excluding hydrogens is 270 g/mol. The van der Waals surface area contributed by atoms with Crippen molar-refractivity contribution in [1.29, 1.82) is 5.26 Å². The van der Waals surface area contributed by atoms with Crippen molar-refractivity contribution in [2.45, 2.75) is 20.4 Å². The number of pyridine rings is 1. The van der Waals surface area contributed by atoms with Gasteiger partial charge in [0.15, 0.2) is 5.69 Å². The lowest BCUT2D eigenvalue weighted by molar-refractivity contribution is 0.0691. The maximum Gasteiger partial charge on any atom is 0.356 e. The Hall–Kier alpha value is -2.88. The summed E-state index contributed by atoms with van der Waals surface area (Å²) in [6.45, 7) is 4.78. The third kappa shape index (κ3) is 3.36. The Morgan fingerprint density at radius 2 is 2.29 bits per heavy atom. The molecule has 2 aromatic rings. The standard InChI is InChI=1S/C14H15N5O2/c1-9-5-10(2)18-13(11(9)6-15)16-3-4-19-7-12(14(20)21)17-8-19/h5,7-8H,3-4H2,1-2H3,(H,16,18)(H,20,21). The molecule has 2 aromatic heterocycles. The summed E-state index contributed by atoms with van der Waals surface area (Å²) >= 11 is 0. The fraction of sp³-hybridized carbons (Fsp3) is 0.286. The predicted octanol–water partition coefficient (Wildman–Crippen LogP) is 1.58. The molecule has 0 aliphatic rings. The molecule has 0 aliphatic carbocycles. The first-order valence-corrected chi connectivity index (χ1v) is 6.38. The third-order valence-electron chi connectivity index (χ3n) is 2.97. The summed E-state index contributed by atoms with van der Waals surface area (Å²) in [6.07, 6.45) is 2.93. The highest BCUT2D eigenvalue weighted by atomic mass is 16.4. The number of carbonyl (C=O) groups is 1. The summed E-state index contributed by atoms with van der Waals surface area (Å²) in [7, 11) is 0. The maximum absolute atomic E-state index is 10.7. The normalized spacial score (nSPS) is 10.1. The smallest absolute Gasteiger partial charge is 0.356 e. The number of aromatic nitrogens is 3. The van der Waals surface area contributed by atoms with Crippen molar-refractivity contribution < 1.29 is 9.90 Å². The van der Waals surface area contributed by atoms with Gasteiger partial charge >= 0.3 is 5.97 Å². The van der Waals surface area contributed by atoms with E-state index in [1.165, 1.54) is 12.5 Å². The Labute approximate surface area is 121 Å². The van der Waals surface area contributed by atoms with Gasteiger partial charge in [0.2, 0.25) is 0 Å². The number of nitrogens with one attached hydrogen (secondary N) is 1. The van der Waals surface area contributed by atoms with Crippen molar-refractivity contribution in [3.05, 3.63) is 41.1 Å². The molecule has 0 fully saturated rings. The molecule has 21 heavy (non-hydrogen) atoms. The highest BCUT2D eigenvalue weighted by Crippen LogP contribution is 2.17. The summed E-state index contributed by atoms with van der Waals surface area (Å²) in [5.41, 5.74) is 2.25. The molecule has 0 saturated carbocycles. The van der Waals surface area contributed by atoms with Gasteiger partial charge in [0, 0.05) is 25.0 Å². The van der Waals surface area contributed by atoms with Gasteiger partial charge in [-0.2, -0.15) is 5.26 Å². The molecule has 0 saturated heterocycles. The molecule has 2 rings (SSSR count). The van der Waals surface area contributed by atoms with Gasteiger partial charge < -0.3 is 15.0 Å². The number of hydrogen-bond acceptors (Lipinski definition) is 5. The molecule has 7 heteroatoms. The Balaban J connectivity index is 2.03. The first kappa shape index (κ1) is 14.5. The van der Waals surface area contributed by atoms with Crippen LogP contribution >= 0.6 is 0 Å². The minimum atomic E-state index is -1.05. The first-order chi connectivity index (χ1) is 10.0. The quantitative estimate of drug-likeness (QED) is 0.864. The molecule has 0 spiro atoms. The summed E-state index contributed by atoms with van der Waals surface area (Å²) in [6, 6.07) is 4.00. The fourth-order valence-electron chi connectivity index (χ4n) is 2.00. The van der Waals surface area contributed by atoms with Crippen molar-refractivity contribution in [3.8, 4) is 6.07 Å². The Kier molecular flexibility index (Phi) is 4.18. The van der Waals surface area contributed by atoms with Crippen LogP contribution in [0.4, 0.5) is 5.82 Å². The Bertz CT molecular complexity index is 715. The van der Waals surface area contributed by atoms with Crippen LogP contribution in [0.15, 0.2) is 18.6 Å². The Morgan fingerprint density at radius 3 is 2.90 bits per heavy atom. The van der Waals surface area contributed by atoms with Crippen LogP contribution in [0, 0.1) is 25.2 Å². The van der Waals surface area contributed by atoms with Gasteiger partial charge in [-0.3, -0.25) is 0 Å². The SMILES string of the molecule is Cc1cc(C)c(C#N)c(NCCn2cnc(C(=O)O)c2)n1. The van der Waals surface area contributed by atoms with E-state index in [4.69, 9.17) is 10.4 Å². The molecule has 2 N–H and O–H groups in total. The molecule has 0 aromatic carbocycles. The molecule has 2 heterocycles. The zero-order valence-corrected chi connectivity index (χ0v) is 11.8. The molecule has 7 nitrogen and oxygen atoms in total. The molecule has 0 unspecified atom stereocenters. The number of nitrogens with zero attached hydrogens (tertiary/aromatic N) is 4. The second-order valence-corrected chi connectivity index (χ2v) is 4.64. The topological polar surface area (TPSA) is 104 Å². The number of aromatic carboxylic acids is 1. The van der Waals surface area contributed by atoms with Gasteiger partial charge in [0.25, 0.3) is 0 Å². The van der Waals surface area contributed by atoms with Gasteiger partial charge in [0.1, 0.15) is 11.9 Å². The van der Waals surface area contributed by atoms with Crippen molar-refractivity contribution in [3.63, 3.8) is 0 Å². The number of aryl methyl sites for hydroxylation is 2. The van der Waals surface area contributed by atoms with E-state index in [2.05, 4.69) is 21.4 Å². The second-order valence-electron chi connectivity index (χ2n) is 4.64. The lowest BCUT2D eigenvalue weighted by Crippen LogP contribution is -2.12. The van der Waals surface area contributed by atoms with E-state index in [0.717, 1.165) is 11.3 Å². The minimum absolute atomic E-state index is 0.0113. The van der Waals surface area contributed by atoms with Gasteiger partial charge in [-0.1, -0.05) is 0 Å². The average Bonchev–Trinajstić information content (AvgIpc) is 2.87. The molecule has 0 radical (unpaired) electrons. The van der Waals surface area contributed by atoms with E-state index in [0.29, 0.717) is 24.5 Å². The van der Waals surface area contributed by atoms with Crippen LogP contribution in [-0.2, 0) is 6.54 Å². The number of rotatable bonds is 5. The molecule has 0 amide bonds. The molecule has 108 valence electrons. The zero-order valence-electron chi connectivity index (χ0n) is 11.8. The Morgan fingerprint density at radius 1 is 1.52 bits per heavy atom. The lowest BCUT2D eigenvalue weighted by Gasteiger charge is -2.10. The zero-order chi connectivity index (χ0) is 15.4. The monoisotopic (exact) mass is 285 g/mol. The van der Waals surface area contributed by atoms with Gasteiger partial charge in [0.05, 0.1) is 11.9 Å². The molecule has 0 aliphatic heterocycles. The molecule has 0 atom stereocenters. The predicted molar refractivity (Wildman–Crippen MR) is 76.1 cm³/mol. The molecular formula is C14H15N5O2. The van der Waals surface area contributed by atoms with Crippen molar-refractivity contribution in [2.24, 2.45) is 0 Å². The summed E-state index contributed by atoms with van der Waals surface area (Å²) in [4.78, 5) is 18.8. The number of nitriles is 1. The number of imidazole rings is 1. The van der Waals surface area contributed by atoms with E-state index in [1.54, 1.807) is 4.57 Å². The lowest BCUT2D eigenvalue weighted by atomic mass is 10.1. The van der Waals surface area contributed by atoms with Crippen molar-refractivity contribution in [1.82, 2.24) is 14.5 Å². The van der Waals surface area contributed by atoms with Gasteiger partial charge in [-0.15, -0.1) is 0 Å². The summed E-state index contributed by atoms with van der Waals surface area (Å²) in [5, 5.41) is 21.1. The fourth-order valence-corrected chi connectivity index (χ4v) is 2.00. The first-order valence-electron chi connectivity index (χ1n) is 6.38. The average molecular weight is 285 g/mol. The largest absolute Gasteiger partial charge is 0.476 e. The van der Waals surface area contributed by atoms with Crippen LogP contribution in [0.3, 0.4) is 0 Å². The number of anilines is 1. The second kappa shape index (κ2) is 6.05. The van der Waals surface area contributed by atoms with Crippen LogP contribution in [0.1, 0.15) is 27.3 Å². The third-order valence-corrected chi connectivity index (χ3v) is 2.97. The van der Waals surface area contributed by atoms with Crippen LogP contribution in [0.25, 0.3) is 0 Å². The van der Waals surface area contributed by atoms with Gasteiger partial charge in [-0.05, 0) is 25.5 Å². The van der Waals surface area contributed by atoms with E-state index >= 15 is 0 Å². The highest BCUT2D eigenvalue weighted by Gasteiger charge is 2.09. The van der Waals surface area contributed by atoms with E-state index < -0.39 is 5.97 Å². The summed E-state index contributed by atoms with van der Waals surface area (Å²) < 4.78 is 1.67. The number of carboxylic acids is 1. The van der Waals surface area contributed by atoms with E-state index in [-0.39, 0.29) is 5.69 Å². The van der Waals surface area contributed by atoms with Crippen LogP contribution < -0.4 is 5.32 Å². The van der Waals surface area contributed by atoms with Crippen molar-refractivity contribution >= 4 is 11.8 Å². The number of hydrogen-bond donors (Lipinski definition) is 2. The van der Waals surface area contributed by atoms with E-state index in [9.17, 15) is 4.79 Å². The number of carboxylic acid groups (broad SMARTS) is 1. The van der Waals surface area contributed by atoms with Crippen LogP contribution in [-0.4, -0.2) is 32.2 Å². The minimum Gasteiger partial charge on any atom is -0.476 e. The van der Waals surface area contributed by atoms with E-state index in [1.807, 2.05) is 19.9 Å². The highest BCUT2D eigenvalue weighted by molar-refractivity contribution is 5.84. The maximum atomic E-state index is 10.7. The summed E-state index contributed by atoms with van der Waals surface area (Å²) in [5.74, 6) is -0.502. The van der Waals surface area contributed by atoms with Crippen molar-refractivity contribution in [2.75, 3.05) is 11.9 Å². The van der Waals surface area contributed by atoms with Crippen LogP contribution in [0.2, 0.25) is 0 Å². The molecule has 0 bridgehead atoms.